The Morgan fingerprint density at radius 3 is 2.02 bits per heavy atom. The van der Waals surface area contributed by atoms with Crippen LogP contribution in [0, 0.1) is 11.6 Å². The lowest BCUT2D eigenvalue weighted by molar-refractivity contribution is -0.128. The van der Waals surface area contributed by atoms with E-state index in [1.165, 1.54) is 0 Å². The highest BCUT2D eigenvalue weighted by atomic mass is 19.1. The second-order valence-corrected chi connectivity index (χ2v) is 12.1. The largest absolute Gasteiger partial charge is 0.503 e. The van der Waals surface area contributed by atoms with Gasteiger partial charge < -0.3 is 35.8 Å². The Balaban J connectivity index is 2.22. The highest BCUT2D eigenvalue weighted by Crippen LogP contribution is 2.28. The molecule has 44 heavy (non-hydrogen) atoms. The van der Waals surface area contributed by atoms with Crippen LogP contribution in [-0.4, -0.2) is 58.9 Å². The number of rotatable bonds is 12. The Morgan fingerprint density at radius 2 is 1.41 bits per heavy atom. The maximum Gasteiger partial charge on any atom is 0.408 e. The summed E-state index contributed by atoms with van der Waals surface area (Å²) in [6.45, 7) is 10.2. The van der Waals surface area contributed by atoms with Crippen molar-refractivity contribution in [2.75, 3.05) is 11.9 Å². The summed E-state index contributed by atoms with van der Waals surface area (Å²) >= 11 is 0. The number of anilines is 1. The summed E-state index contributed by atoms with van der Waals surface area (Å²) in [5.74, 6) is -4.85. The number of phenolic OH excluding ortho intramolecular Hbond substituents is 1. The number of amides is 4. The van der Waals surface area contributed by atoms with Gasteiger partial charge in [0.2, 0.25) is 11.8 Å². The molecule has 0 aliphatic rings. The molecule has 13 heteroatoms. The molecule has 0 unspecified atom stereocenters. The average molecular weight is 621 g/mol. The van der Waals surface area contributed by atoms with Gasteiger partial charge in [0.05, 0.1) is 5.69 Å². The lowest BCUT2D eigenvalue weighted by atomic mass is 10.0. The molecule has 0 aliphatic heterocycles. The van der Waals surface area contributed by atoms with Gasteiger partial charge in [0.1, 0.15) is 29.1 Å². The van der Waals surface area contributed by atoms with E-state index >= 15 is 0 Å². The fraction of sp³-hybridized carbons (Fsp3) is 0.484. The van der Waals surface area contributed by atoms with Crippen molar-refractivity contribution < 1.29 is 42.5 Å². The van der Waals surface area contributed by atoms with Crippen LogP contribution in [0.2, 0.25) is 0 Å². The maximum atomic E-state index is 13.9. The molecule has 2 aromatic rings. The summed E-state index contributed by atoms with van der Waals surface area (Å²) in [7, 11) is 0. The third kappa shape index (κ3) is 13.3. The van der Waals surface area contributed by atoms with Crippen LogP contribution >= 0.6 is 0 Å². The number of aromatic hydroxyl groups is 1. The van der Waals surface area contributed by atoms with E-state index in [0.717, 1.165) is 11.6 Å². The molecule has 0 saturated carbocycles. The smallest absolute Gasteiger partial charge is 0.408 e. The van der Waals surface area contributed by atoms with E-state index in [1.54, 1.807) is 41.5 Å². The van der Waals surface area contributed by atoms with Crippen LogP contribution in [0.4, 0.5) is 24.1 Å². The number of phenols is 1. The molecular formula is C31H42F2N4O7. The van der Waals surface area contributed by atoms with Crippen molar-refractivity contribution in [1.82, 2.24) is 16.0 Å². The lowest BCUT2D eigenvalue weighted by Gasteiger charge is -2.25. The topological polar surface area (TPSA) is 155 Å². The maximum absolute atomic E-state index is 13.9. The number of benzene rings is 2. The van der Waals surface area contributed by atoms with Crippen molar-refractivity contribution in [2.24, 2.45) is 0 Å². The van der Waals surface area contributed by atoms with Crippen molar-refractivity contribution >= 4 is 29.7 Å². The molecule has 4 amide bonds. The second kappa shape index (κ2) is 15.9. The first-order valence-corrected chi connectivity index (χ1v) is 14.2. The van der Waals surface area contributed by atoms with Gasteiger partial charge in [-0.3, -0.25) is 9.59 Å². The number of hydrogen-bond acceptors (Lipinski definition) is 7. The standard InChI is InChI=1S/C31H42F2N4O7/c1-30(2,3)43-28(41)34-16-10-13-22(37-29(42)44-31(4,5)6)26(39)35-23(15-14-19-11-8-7-9-12-19)27(40)36-24-18-20(32)17-21(33)25(24)38/h7-9,11-12,17-18,22-23,38H,10,13-16H2,1-6H3,(H,34,41)(H,35,39)(H,36,40)(H,37,42)/t22-,23+/m0/s1. The van der Waals surface area contributed by atoms with Crippen LogP contribution < -0.4 is 21.3 Å². The average Bonchev–Trinajstić information content (AvgIpc) is 2.89. The molecule has 11 nitrogen and oxygen atoms in total. The van der Waals surface area contributed by atoms with Crippen LogP contribution in [0.3, 0.4) is 0 Å². The van der Waals surface area contributed by atoms with Crippen LogP contribution in [0.1, 0.15) is 66.4 Å². The van der Waals surface area contributed by atoms with Crippen molar-refractivity contribution in [3.8, 4) is 5.75 Å². The summed E-state index contributed by atoms with van der Waals surface area (Å²) in [5.41, 5.74) is -1.21. The fourth-order valence-corrected chi connectivity index (χ4v) is 3.91. The molecule has 0 bridgehead atoms. The van der Waals surface area contributed by atoms with Gasteiger partial charge in [-0.15, -0.1) is 0 Å². The van der Waals surface area contributed by atoms with Gasteiger partial charge >= 0.3 is 12.2 Å². The first kappa shape index (κ1) is 35.8. The van der Waals surface area contributed by atoms with Gasteiger partial charge in [-0.25, -0.2) is 18.4 Å². The first-order chi connectivity index (χ1) is 20.4. The van der Waals surface area contributed by atoms with E-state index in [4.69, 9.17) is 9.47 Å². The number of halogens is 2. The van der Waals surface area contributed by atoms with Crippen LogP contribution in [-0.2, 0) is 25.5 Å². The third-order valence-electron chi connectivity index (χ3n) is 5.83. The van der Waals surface area contributed by atoms with Crippen molar-refractivity contribution in [3.05, 3.63) is 59.7 Å². The minimum absolute atomic E-state index is 0.0454. The fourth-order valence-electron chi connectivity index (χ4n) is 3.91. The lowest BCUT2D eigenvalue weighted by Crippen LogP contribution is -2.53. The molecule has 5 N–H and O–H groups in total. The normalized spacial score (nSPS) is 12.8. The summed E-state index contributed by atoms with van der Waals surface area (Å²) < 4.78 is 38.2. The third-order valence-corrected chi connectivity index (χ3v) is 5.83. The SMILES string of the molecule is CC(C)(C)OC(=O)NCCC[C@H](NC(=O)OC(C)(C)C)C(=O)N[C@H](CCc1ccccc1)C(=O)Nc1cc(F)cc(F)c1O. The summed E-state index contributed by atoms with van der Waals surface area (Å²) in [6, 6.07) is 7.88. The molecular weight excluding hydrogens is 578 g/mol. The zero-order valence-corrected chi connectivity index (χ0v) is 25.9. The molecule has 2 aromatic carbocycles. The number of nitrogens with one attached hydrogen (secondary N) is 4. The number of carbonyl (C=O) groups is 4. The molecule has 0 spiro atoms. The monoisotopic (exact) mass is 620 g/mol. The summed E-state index contributed by atoms with van der Waals surface area (Å²) in [6.07, 6.45) is -0.822. The molecule has 0 aliphatic carbocycles. The van der Waals surface area contributed by atoms with Crippen molar-refractivity contribution in [3.63, 3.8) is 0 Å². The van der Waals surface area contributed by atoms with Crippen LogP contribution in [0.5, 0.6) is 5.75 Å². The number of hydrogen-bond donors (Lipinski definition) is 5. The van der Waals surface area contributed by atoms with E-state index in [1.807, 2.05) is 30.3 Å². The molecule has 0 aromatic heterocycles. The predicted octanol–water partition coefficient (Wildman–Crippen LogP) is 4.92. The zero-order chi connectivity index (χ0) is 33.1. The Bertz CT molecular complexity index is 1290. The van der Waals surface area contributed by atoms with E-state index < -0.39 is 70.4 Å². The number of carbonyl (C=O) groups excluding carboxylic acids is 4. The second-order valence-electron chi connectivity index (χ2n) is 12.1. The number of alkyl carbamates (subject to hydrolysis) is 2. The molecule has 242 valence electrons. The molecule has 2 rings (SSSR count). The quantitative estimate of drug-likeness (QED) is 0.167. The Hall–Kier alpha value is -4.42. The van der Waals surface area contributed by atoms with Crippen molar-refractivity contribution in [1.29, 1.82) is 0 Å². The molecule has 0 radical (unpaired) electrons. The van der Waals surface area contributed by atoms with Crippen molar-refractivity contribution in [2.45, 2.75) is 90.5 Å². The van der Waals surface area contributed by atoms with E-state index in [0.29, 0.717) is 12.5 Å². The molecule has 0 fully saturated rings. The Kier molecular flexibility index (Phi) is 12.9. The van der Waals surface area contributed by atoms with Crippen LogP contribution in [0.15, 0.2) is 42.5 Å². The van der Waals surface area contributed by atoms with E-state index in [9.17, 15) is 33.1 Å². The van der Waals surface area contributed by atoms with Crippen LogP contribution in [0.25, 0.3) is 0 Å². The predicted molar refractivity (Wildman–Crippen MR) is 160 cm³/mol. The molecule has 0 saturated heterocycles. The van der Waals surface area contributed by atoms with Gasteiger partial charge in [-0.2, -0.15) is 0 Å². The van der Waals surface area contributed by atoms with Gasteiger partial charge in [-0.05, 0) is 72.8 Å². The molecule has 2 atom stereocenters. The minimum Gasteiger partial charge on any atom is -0.503 e. The van der Waals surface area contributed by atoms with E-state index in [2.05, 4.69) is 21.3 Å². The minimum atomic E-state index is -1.27. The van der Waals surface area contributed by atoms with Gasteiger partial charge in [0.15, 0.2) is 11.6 Å². The van der Waals surface area contributed by atoms with Gasteiger partial charge in [0, 0.05) is 18.7 Å². The molecule has 0 heterocycles. The highest BCUT2D eigenvalue weighted by molar-refractivity contribution is 5.99. The number of aryl methyl sites for hydroxylation is 1. The summed E-state index contributed by atoms with van der Waals surface area (Å²) in [4.78, 5) is 51.3. The van der Waals surface area contributed by atoms with Gasteiger partial charge in [0.25, 0.3) is 0 Å². The highest BCUT2D eigenvalue weighted by Gasteiger charge is 2.29. The number of ether oxygens (including phenoxy) is 2. The Labute approximate surface area is 256 Å². The first-order valence-electron chi connectivity index (χ1n) is 14.2. The van der Waals surface area contributed by atoms with E-state index in [-0.39, 0.29) is 25.8 Å². The van der Waals surface area contributed by atoms with Gasteiger partial charge in [-0.1, -0.05) is 30.3 Å². The summed E-state index contributed by atoms with van der Waals surface area (Å²) in [5, 5.41) is 20.0. The Morgan fingerprint density at radius 1 is 0.818 bits per heavy atom. The zero-order valence-electron chi connectivity index (χ0n) is 25.9.